The van der Waals surface area contributed by atoms with Crippen LogP contribution in [0.4, 0.5) is 5.69 Å². The van der Waals surface area contributed by atoms with Gasteiger partial charge in [-0.2, -0.15) is 0 Å². The van der Waals surface area contributed by atoms with E-state index in [9.17, 15) is 4.79 Å². The number of carbonyl (C=O) groups excluding carboxylic acids is 1. The van der Waals surface area contributed by atoms with Crippen molar-refractivity contribution in [3.05, 3.63) is 36.4 Å². The Morgan fingerprint density at radius 2 is 2.25 bits per heavy atom. The van der Waals surface area contributed by atoms with Crippen molar-refractivity contribution < 1.29 is 4.79 Å². The summed E-state index contributed by atoms with van der Waals surface area (Å²) in [7, 11) is 0. The zero-order valence-corrected chi connectivity index (χ0v) is 11.4. The van der Waals surface area contributed by atoms with Crippen molar-refractivity contribution in [1.82, 2.24) is 25.3 Å². The Hall–Kier alpha value is -2.44. The van der Waals surface area contributed by atoms with E-state index in [4.69, 9.17) is 0 Å². The molecule has 1 amide bonds. The molecule has 0 saturated carbocycles. The molecule has 2 N–H and O–H groups in total. The second-order valence-electron chi connectivity index (χ2n) is 4.27. The lowest BCUT2D eigenvalue weighted by molar-refractivity contribution is 0.0952. The first-order chi connectivity index (χ1) is 9.81. The van der Waals surface area contributed by atoms with E-state index in [0.717, 1.165) is 18.7 Å². The lowest BCUT2D eigenvalue weighted by Crippen LogP contribution is -2.28. The molecule has 0 bridgehead atoms. The van der Waals surface area contributed by atoms with E-state index >= 15 is 0 Å². The number of hydrogen-bond donors (Lipinski definition) is 2. The average Bonchev–Trinajstić information content (AvgIpc) is 2.98. The summed E-state index contributed by atoms with van der Waals surface area (Å²) in [6.07, 6.45) is 7.60. The van der Waals surface area contributed by atoms with Crippen molar-refractivity contribution in [2.75, 3.05) is 18.4 Å². The smallest absolute Gasteiger partial charge is 0.255 e. The summed E-state index contributed by atoms with van der Waals surface area (Å²) < 4.78 is 1.67. The number of rotatable bonds is 7. The Morgan fingerprint density at radius 3 is 3.00 bits per heavy atom. The maximum atomic E-state index is 12.1. The van der Waals surface area contributed by atoms with E-state index in [1.165, 1.54) is 0 Å². The van der Waals surface area contributed by atoms with Crippen molar-refractivity contribution in [3.63, 3.8) is 0 Å². The van der Waals surface area contributed by atoms with E-state index in [0.29, 0.717) is 18.7 Å². The SMILES string of the molecule is CCCNc1ccncc1C(=O)NCCn1ccnn1. The average molecular weight is 274 g/mol. The molecule has 0 unspecified atom stereocenters. The van der Waals surface area contributed by atoms with Gasteiger partial charge in [0.1, 0.15) is 0 Å². The lowest BCUT2D eigenvalue weighted by Gasteiger charge is -2.11. The van der Waals surface area contributed by atoms with Crippen molar-refractivity contribution >= 4 is 11.6 Å². The first kappa shape index (κ1) is 14.0. The summed E-state index contributed by atoms with van der Waals surface area (Å²) in [6, 6.07) is 1.81. The zero-order valence-electron chi connectivity index (χ0n) is 11.4. The van der Waals surface area contributed by atoms with E-state index in [1.807, 2.05) is 6.07 Å². The molecule has 2 rings (SSSR count). The number of nitrogens with zero attached hydrogens (tertiary/aromatic N) is 4. The van der Waals surface area contributed by atoms with Crippen molar-refractivity contribution in [2.45, 2.75) is 19.9 Å². The zero-order chi connectivity index (χ0) is 14.2. The molecule has 0 aromatic carbocycles. The highest BCUT2D eigenvalue weighted by molar-refractivity contribution is 5.99. The van der Waals surface area contributed by atoms with Crippen LogP contribution < -0.4 is 10.6 Å². The van der Waals surface area contributed by atoms with E-state index in [-0.39, 0.29) is 5.91 Å². The number of pyridine rings is 1. The normalized spacial score (nSPS) is 10.2. The number of aromatic nitrogens is 4. The third kappa shape index (κ3) is 3.78. The van der Waals surface area contributed by atoms with Crippen LogP contribution in [-0.2, 0) is 6.54 Å². The summed E-state index contributed by atoms with van der Waals surface area (Å²) in [4.78, 5) is 16.1. The minimum atomic E-state index is -0.142. The highest BCUT2D eigenvalue weighted by Gasteiger charge is 2.10. The van der Waals surface area contributed by atoms with Gasteiger partial charge in [-0.3, -0.25) is 14.5 Å². The fourth-order valence-corrected chi connectivity index (χ4v) is 1.72. The van der Waals surface area contributed by atoms with Gasteiger partial charge in [0.05, 0.1) is 24.0 Å². The van der Waals surface area contributed by atoms with E-state index < -0.39 is 0 Å². The van der Waals surface area contributed by atoms with Gasteiger partial charge >= 0.3 is 0 Å². The molecule has 0 radical (unpaired) electrons. The Labute approximate surface area is 117 Å². The van der Waals surface area contributed by atoms with Crippen molar-refractivity contribution in [3.8, 4) is 0 Å². The van der Waals surface area contributed by atoms with Gasteiger partial charge in [0.25, 0.3) is 5.91 Å². The molecule has 7 heteroatoms. The van der Waals surface area contributed by atoms with Crippen LogP contribution in [0.2, 0.25) is 0 Å². The van der Waals surface area contributed by atoms with Gasteiger partial charge < -0.3 is 10.6 Å². The van der Waals surface area contributed by atoms with Gasteiger partial charge in [-0.05, 0) is 12.5 Å². The number of amides is 1. The molecule has 0 spiro atoms. The van der Waals surface area contributed by atoms with Crippen molar-refractivity contribution in [2.24, 2.45) is 0 Å². The van der Waals surface area contributed by atoms with Crippen LogP contribution in [0.5, 0.6) is 0 Å². The molecule has 2 aromatic heterocycles. The van der Waals surface area contributed by atoms with Gasteiger partial charge in [-0.1, -0.05) is 12.1 Å². The second-order valence-corrected chi connectivity index (χ2v) is 4.27. The third-order valence-corrected chi connectivity index (χ3v) is 2.73. The molecule has 2 aromatic rings. The molecule has 20 heavy (non-hydrogen) atoms. The summed E-state index contributed by atoms with van der Waals surface area (Å²) >= 11 is 0. The highest BCUT2D eigenvalue weighted by atomic mass is 16.1. The molecule has 0 saturated heterocycles. The molecule has 2 heterocycles. The largest absolute Gasteiger partial charge is 0.384 e. The van der Waals surface area contributed by atoms with Crippen LogP contribution in [0.3, 0.4) is 0 Å². The van der Waals surface area contributed by atoms with Crippen LogP contribution in [0.25, 0.3) is 0 Å². The second kappa shape index (κ2) is 7.22. The standard InChI is InChI=1S/C13H18N6O/c1-2-4-15-12-3-5-14-10-11(12)13(20)16-6-8-19-9-7-17-18-19/h3,5,7,9-10H,2,4,6,8H2,1H3,(H,14,15)(H,16,20). The van der Waals surface area contributed by atoms with Crippen LogP contribution in [0, 0.1) is 0 Å². The molecule has 0 aliphatic heterocycles. The quantitative estimate of drug-likeness (QED) is 0.784. The Bertz CT molecular complexity index is 540. The summed E-state index contributed by atoms with van der Waals surface area (Å²) in [5.74, 6) is -0.142. The molecule has 106 valence electrons. The van der Waals surface area contributed by atoms with Crippen LogP contribution in [0.1, 0.15) is 23.7 Å². The first-order valence-electron chi connectivity index (χ1n) is 6.61. The fourth-order valence-electron chi connectivity index (χ4n) is 1.72. The minimum Gasteiger partial charge on any atom is -0.384 e. The minimum absolute atomic E-state index is 0.142. The van der Waals surface area contributed by atoms with Gasteiger partial charge in [-0.25, -0.2) is 0 Å². The maximum absolute atomic E-state index is 12.1. The molecule has 0 fully saturated rings. The van der Waals surface area contributed by atoms with Gasteiger partial charge in [-0.15, -0.1) is 5.10 Å². The Kier molecular flexibility index (Phi) is 5.05. The molecular weight excluding hydrogens is 256 g/mol. The van der Waals surface area contributed by atoms with Crippen molar-refractivity contribution in [1.29, 1.82) is 0 Å². The summed E-state index contributed by atoms with van der Waals surface area (Å²) in [5.41, 5.74) is 1.36. The molecule has 7 nitrogen and oxygen atoms in total. The lowest BCUT2D eigenvalue weighted by atomic mass is 10.2. The maximum Gasteiger partial charge on any atom is 0.255 e. The van der Waals surface area contributed by atoms with E-state index in [2.05, 4.69) is 32.9 Å². The molecule has 0 aliphatic rings. The Morgan fingerprint density at radius 1 is 1.35 bits per heavy atom. The number of hydrogen-bond acceptors (Lipinski definition) is 5. The third-order valence-electron chi connectivity index (χ3n) is 2.73. The van der Waals surface area contributed by atoms with Crippen LogP contribution in [0.15, 0.2) is 30.9 Å². The van der Waals surface area contributed by atoms with E-state index in [1.54, 1.807) is 29.5 Å². The topological polar surface area (TPSA) is 84.7 Å². The highest BCUT2D eigenvalue weighted by Crippen LogP contribution is 2.13. The molecule has 0 aliphatic carbocycles. The van der Waals surface area contributed by atoms with Gasteiger partial charge in [0, 0.05) is 31.7 Å². The predicted octanol–water partition coefficient (Wildman–Crippen LogP) is 0.925. The molecular formula is C13H18N6O. The fraction of sp³-hybridized carbons (Fsp3) is 0.385. The monoisotopic (exact) mass is 274 g/mol. The van der Waals surface area contributed by atoms with Crippen LogP contribution >= 0.6 is 0 Å². The number of nitrogens with one attached hydrogen (secondary N) is 2. The Balaban J connectivity index is 1.91. The van der Waals surface area contributed by atoms with Crippen LogP contribution in [-0.4, -0.2) is 39.0 Å². The van der Waals surface area contributed by atoms with Gasteiger partial charge in [0.2, 0.25) is 0 Å². The number of anilines is 1. The summed E-state index contributed by atoms with van der Waals surface area (Å²) in [5, 5.41) is 13.6. The summed E-state index contributed by atoms with van der Waals surface area (Å²) in [6.45, 7) is 3.98. The molecule has 0 atom stereocenters. The first-order valence-corrected chi connectivity index (χ1v) is 6.61. The number of carbonyl (C=O) groups is 1. The van der Waals surface area contributed by atoms with Gasteiger partial charge in [0.15, 0.2) is 0 Å². The predicted molar refractivity (Wildman–Crippen MR) is 75.4 cm³/mol.